The van der Waals surface area contributed by atoms with E-state index < -0.39 is 74.6 Å². The zero-order chi connectivity index (χ0) is 18.0. The summed E-state index contributed by atoms with van der Waals surface area (Å²) < 4.78 is 20.6. The molecule has 2 rings (SSSR count). The van der Waals surface area contributed by atoms with Crippen LogP contribution in [0.15, 0.2) is 0 Å². The van der Waals surface area contributed by atoms with Crippen molar-refractivity contribution in [2.24, 2.45) is 0 Å². The lowest BCUT2D eigenvalue weighted by Crippen LogP contribution is -2.64. The summed E-state index contributed by atoms with van der Waals surface area (Å²) >= 11 is 0. The van der Waals surface area contributed by atoms with E-state index in [4.69, 9.17) is 24.1 Å². The summed E-state index contributed by atoms with van der Waals surface area (Å²) in [4.78, 5) is 0. The van der Waals surface area contributed by atoms with E-state index in [-0.39, 0.29) is 0 Å². The Morgan fingerprint density at radius 1 is 0.708 bits per heavy atom. The number of aliphatic hydroxyl groups excluding tert-OH is 7. The van der Waals surface area contributed by atoms with Gasteiger partial charge in [0.15, 0.2) is 12.6 Å². The molecule has 0 aliphatic carbocycles. The van der Waals surface area contributed by atoms with Gasteiger partial charge >= 0.3 is 0 Å². The SMILES string of the molecule is CO[C@H]1O[C@H](CO)[C@@H](O)[C@H](O[C@H]2O[C@H](CO)[C@@H](O)[C@H](O)[C@H]2O)[C@@H]1O. The maximum Gasteiger partial charge on any atom is 0.187 e. The Kier molecular flexibility index (Phi) is 6.87. The molecule has 11 heteroatoms. The molecule has 0 saturated carbocycles. The molecule has 2 fully saturated rings. The predicted octanol–water partition coefficient (Wildman–Crippen LogP) is -4.74. The Balaban J connectivity index is 2.14. The van der Waals surface area contributed by atoms with Gasteiger partial charge in [0.05, 0.1) is 13.2 Å². The van der Waals surface area contributed by atoms with E-state index in [0.717, 1.165) is 0 Å². The molecule has 2 aliphatic rings. The predicted molar refractivity (Wildman–Crippen MR) is 73.4 cm³/mol. The van der Waals surface area contributed by atoms with Crippen molar-refractivity contribution in [3.63, 3.8) is 0 Å². The maximum atomic E-state index is 10.2. The van der Waals surface area contributed by atoms with Gasteiger partial charge in [0.1, 0.15) is 48.8 Å². The van der Waals surface area contributed by atoms with Gasteiger partial charge in [-0.25, -0.2) is 0 Å². The van der Waals surface area contributed by atoms with Crippen molar-refractivity contribution in [3.8, 4) is 0 Å². The van der Waals surface area contributed by atoms with E-state index in [1.54, 1.807) is 0 Å². The van der Waals surface area contributed by atoms with Crippen molar-refractivity contribution >= 4 is 0 Å². The molecule has 0 aromatic carbocycles. The van der Waals surface area contributed by atoms with Gasteiger partial charge < -0.3 is 54.7 Å². The minimum absolute atomic E-state index is 0.581. The number of methoxy groups -OCH3 is 1. The highest BCUT2D eigenvalue weighted by atomic mass is 16.7. The van der Waals surface area contributed by atoms with E-state index in [1.807, 2.05) is 0 Å². The van der Waals surface area contributed by atoms with Crippen molar-refractivity contribution in [2.75, 3.05) is 20.3 Å². The van der Waals surface area contributed by atoms with Crippen molar-refractivity contribution in [1.29, 1.82) is 0 Å². The fourth-order valence-corrected chi connectivity index (χ4v) is 2.74. The fraction of sp³-hybridized carbons (Fsp3) is 1.00. The van der Waals surface area contributed by atoms with Crippen LogP contribution in [0, 0.1) is 0 Å². The average molecular weight is 356 g/mol. The van der Waals surface area contributed by atoms with Crippen molar-refractivity contribution < 1.29 is 54.7 Å². The van der Waals surface area contributed by atoms with Crippen LogP contribution < -0.4 is 0 Å². The molecule has 2 heterocycles. The highest BCUT2D eigenvalue weighted by Gasteiger charge is 2.50. The Morgan fingerprint density at radius 2 is 1.25 bits per heavy atom. The summed E-state index contributed by atoms with van der Waals surface area (Å²) in [6.45, 7) is -1.23. The second-order valence-electron chi connectivity index (χ2n) is 5.74. The summed E-state index contributed by atoms with van der Waals surface area (Å²) in [5, 5.41) is 68.1. The van der Waals surface area contributed by atoms with Gasteiger partial charge in [-0.3, -0.25) is 0 Å². The molecule has 0 aromatic heterocycles. The lowest BCUT2D eigenvalue weighted by Gasteiger charge is -2.45. The van der Waals surface area contributed by atoms with Crippen LogP contribution in [0.5, 0.6) is 0 Å². The number of hydrogen-bond acceptors (Lipinski definition) is 11. The lowest BCUT2D eigenvalue weighted by atomic mass is 9.97. The Labute approximate surface area is 137 Å². The molecule has 0 bridgehead atoms. The molecule has 24 heavy (non-hydrogen) atoms. The van der Waals surface area contributed by atoms with Crippen LogP contribution in [0.3, 0.4) is 0 Å². The van der Waals surface area contributed by atoms with Gasteiger partial charge in [0.2, 0.25) is 0 Å². The molecule has 10 atom stereocenters. The summed E-state index contributed by atoms with van der Waals surface area (Å²) in [6.07, 6.45) is -14.4. The molecule has 11 nitrogen and oxygen atoms in total. The molecule has 7 N–H and O–H groups in total. The number of aliphatic hydroxyl groups is 7. The summed E-state index contributed by atoms with van der Waals surface area (Å²) in [5.74, 6) is 0. The van der Waals surface area contributed by atoms with Gasteiger partial charge in [-0.05, 0) is 0 Å². The maximum absolute atomic E-state index is 10.2. The molecule has 0 spiro atoms. The second-order valence-corrected chi connectivity index (χ2v) is 5.74. The fourth-order valence-electron chi connectivity index (χ4n) is 2.74. The third-order valence-corrected chi connectivity index (χ3v) is 4.19. The first-order valence-corrected chi connectivity index (χ1v) is 7.46. The van der Waals surface area contributed by atoms with E-state index in [1.165, 1.54) is 7.11 Å². The number of hydrogen-bond donors (Lipinski definition) is 7. The highest BCUT2D eigenvalue weighted by Crippen LogP contribution is 2.29. The first kappa shape index (κ1) is 19.9. The topological polar surface area (TPSA) is 179 Å². The van der Waals surface area contributed by atoms with Crippen LogP contribution in [0.1, 0.15) is 0 Å². The molecular formula is C13H24O11. The minimum Gasteiger partial charge on any atom is -0.394 e. The van der Waals surface area contributed by atoms with Gasteiger partial charge in [-0.2, -0.15) is 0 Å². The van der Waals surface area contributed by atoms with E-state index in [2.05, 4.69) is 0 Å². The van der Waals surface area contributed by atoms with Crippen LogP contribution in [-0.4, -0.2) is 117 Å². The molecule has 0 amide bonds. The summed E-state index contributed by atoms with van der Waals surface area (Å²) in [5.41, 5.74) is 0. The number of ether oxygens (including phenoxy) is 4. The zero-order valence-electron chi connectivity index (χ0n) is 13.0. The third-order valence-electron chi connectivity index (χ3n) is 4.19. The molecule has 0 radical (unpaired) electrons. The van der Waals surface area contributed by atoms with E-state index in [0.29, 0.717) is 0 Å². The van der Waals surface area contributed by atoms with Crippen molar-refractivity contribution in [1.82, 2.24) is 0 Å². The van der Waals surface area contributed by atoms with Gasteiger partial charge in [0, 0.05) is 7.11 Å². The highest BCUT2D eigenvalue weighted by molar-refractivity contribution is 4.93. The first-order valence-electron chi connectivity index (χ1n) is 7.46. The monoisotopic (exact) mass is 356 g/mol. The van der Waals surface area contributed by atoms with Gasteiger partial charge in [-0.1, -0.05) is 0 Å². The van der Waals surface area contributed by atoms with Gasteiger partial charge in [-0.15, -0.1) is 0 Å². The normalized spacial score (nSPS) is 50.0. The van der Waals surface area contributed by atoms with Crippen molar-refractivity contribution in [2.45, 2.75) is 61.4 Å². The smallest absolute Gasteiger partial charge is 0.187 e. The minimum atomic E-state index is -1.70. The largest absolute Gasteiger partial charge is 0.394 e. The third kappa shape index (κ3) is 3.71. The van der Waals surface area contributed by atoms with Crippen molar-refractivity contribution in [3.05, 3.63) is 0 Å². The summed E-state index contributed by atoms with van der Waals surface area (Å²) in [6, 6.07) is 0. The molecule has 2 saturated heterocycles. The Hall–Kier alpha value is -0.440. The van der Waals surface area contributed by atoms with Gasteiger partial charge in [0.25, 0.3) is 0 Å². The first-order chi connectivity index (χ1) is 11.3. The van der Waals surface area contributed by atoms with Crippen LogP contribution in [-0.2, 0) is 18.9 Å². The van der Waals surface area contributed by atoms with Crippen LogP contribution in [0.25, 0.3) is 0 Å². The number of rotatable bonds is 5. The summed E-state index contributed by atoms with van der Waals surface area (Å²) in [7, 11) is 1.24. The molecule has 142 valence electrons. The van der Waals surface area contributed by atoms with Crippen LogP contribution >= 0.6 is 0 Å². The molecule has 0 aromatic rings. The average Bonchev–Trinajstić information content (AvgIpc) is 2.58. The molecular weight excluding hydrogens is 332 g/mol. The molecule has 2 aliphatic heterocycles. The zero-order valence-corrected chi connectivity index (χ0v) is 13.0. The Bertz CT molecular complexity index is 378. The quantitative estimate of drug-likeness (QED) is 0.251. The van der Waals surface area contributed by atoms with E-state index >= 15 is 0 Å². The van der Waals surface area contributed by atoms with Crippen LogP contribution in [0.4, 0.5) is 0 Å². The second kappa shape index (κ2) is 8.29. The van der Waals surface area contributed by atoms with Crippen LogP contribution in [0.2, 0.25) is 0 Å². The lowest BCUT2D eigenvalue weighted by molar-refractivity contribution is -0.358. The standard InChI is InChI=1S/C13H24O11/c1-21-12-10(20)11(7(17)5(3-15)22-12)24-13-9(19)8(18)6(16)4(2-14)23-13/h4-20H,2-3H2,1H3/t4-,5-,6-,7-,8+,9-,10+,11+,12+,13-/m1/s1. The molecule has 0 unspecified atom stereocenters. The van der Waals surface area contributed by atoms with E-state index in [9.17, 15) is 30.6 Å². The Morgan fingerprint density at radius 3 is 1.79 bits per heavy atom.